The summed E-state index contributed by atoms with van der Waals surface area (Å²) < 4.78 is 27.2. The van der Waals surface area contributed by atoms with Crippen LogP contribution in [0.2, 0.25) is 5.02 Å². The van der Waals surface area contributed by atoms with Crippen LogP contribution in [0, 0.1) is 0 Å². The Morgan fingerprint density at radius 2 is 1.58 bits per heavy atom. The van der Waals surface area contributed by atoms with E-state index in [0.717, 1.165) is 23.5 Å². The largest absolute Gasteiger partial charge is 0.353 e. The van der Waals surface area contributed by atoms with Crippen molar-refractivity contribution in [3.63, 3.8) is 0 Å². The van der Waals surface area contributed by atoms with Crippen LogP contribution in [0.25, 0.3) is 0 Å². The summed E-state index contributed by atoms with van der Waals surface area (Å²) in [6.07, 6.45) is 2.29. The number of carbonyl (C=O) groups excluding carboxylic acids is 1. The molecule has 2 rings (SSSR count). The average Bonchev–Trinajstić information content (AvgIpc) is 2.68. The Hall–Kier alpha value is -2.43. The first kappa shape index (κ1) is 24.8. The Morgan fingerprint density at radius 3 is 2.06 bits per heavy atom. The van der Waals surface area contributed by atoms with E-state index in [1.54, 1.807) is 12.1 Å². The van der Waals surface area contributed by atoms with Crippen molar-refractivity contribution in [2.45, 2.75) is 44.4 Å². The first-order valence-electron chi connectivity index (χ1n) is 9.92. The zero-order valence-electron chi connectivity index (χ0n) is 18.3. The highest BCUT2D eigenvalue weighted by atomic mass is 35.5. The van der Waals surface area contributed by atoms with Crippen LogP contribution in [-0.4, -0.2) is 44.6 Å². The van der Waals surface area contributed by atoms with Gasteiger partial charge in [0.05, 0.1) is 12.4 Å². The van der Waals surface area contributed by atoms with Crippen molar-refractivity contribution in [3.8, 4) is 0 Å². The van der Waals surface area contributed by atoms with Gasteiger partial charge in [-0.25, -0.2) is 27.9 Å². The molecule has 31 heavy (non-hydrogen) atoms. The van der Waals surface area contributed by atoms with E-state index in [1.165, 1.54) is 0 Å². The second kappa shape index (κ2) is 10.7. The summed E-state index contributed by atoms with van der Waals surface area (Å²) in [5.41, 5.74) is 2.20. The third-order valence-electron chi connectivity index (χ3n) is 4.47. The molecule has 0 saturated carbocycles. The van der Waals surface area contributed by atoms with Crippen LogP contribution in [0.3, 0.4) is 0 Å². The average molecular weight is 469 g/mol. The monoisotopic (exact) mass is 468 g/mol. The van der Waals surface area contributed by atoms with Gasteiger partial charge in [-0.15, -0.1) is 0 Å². The summed E-state index contributed by atoms with van der Waals surface area (Å²) >= 11 is 6.24. The van der Waals surface area contributed by atoms with Crippen LogP contribution in [0.15, 0.2) is 29.4 Å². The molecular formula is C20H29ClN6O3S. The lowest BCUT2D eigenvalue weighted by Crippen LogP contribution is -2.35. The van der Waals surface area contributed by atoms with Crippen molar-refractivity contribution in [1.82, 2.24) is 20.0 Å². The minimum absolute atomic E-state index is 0.0689. The molecule has 0 radical (unpaired) electrons. The first-order valence-corrected chi connectivity index (χ1v) is 11.8. The van der Waals surface area contributed by atoms with Crippen LogP contribution in [0.4, 0.5) is 16.4 Å². The van der Waals surface area contributed by atoms with Crippen LogP contribution in [0.1, 0.15) is 50.7 Å². The molecule has 0 saturated heterocycles. The molecule has 4 N–H and O–H groups in total. The van der Waals surface area contributed by atoms with Gasteiger partial charge in [0.2, 0.25) is 5.95 Å². The second-order valence-electron chi connectivity index (χ2n) is 7.60. The van der Waals surface area contributed by atoms with Gasteiger partial charge in [0.15, 0.2) is 0 Å². The van der Waals surface area contributed by atoms with Crippen molar-refractivity contribution >= 4 is 39.3 Å². The molecule has 0 aliphatic carbocycles. The summed E-state index contributed by atoms with van der Waals surface area (Å²) in [5, 5.41) is 9.16. The number of urea groups is 1. The number of carbonyl (C=O) groups is 1. The molecule has 1 aromatic heterocycles. The number of amides is 2. The van der Waals surface area contributed by atoms with Gasteiger partial charge < -0.3 is 16.0 Å². The lowest BCUT2D eigenvalue weighted by molar-refractivity contribution is 0.256. The van der Waals surface area contributed by atoms with Crippen molar-refractivity contribution in [2.24, 2.45) is 0 Å². The normalized spacial score (nSPS) is 11.6. The Kier molecular flexibility index (Phi) is 8.60. The fourth-order valence-corrected chi connectivity index (χ4v) is 3.90. The van der Waals surface area contributed by atoms with E-state index in [-0.39, 0.29) is 16.7 Å². The maximum absolute atomic E-state index is 12.6. The SMILES string of the molecule is CNCCNc1ncc(S(=O)(=O)NC(=O)Nc2c(C(C)C)cc(Cl)cc2C(C)C)cn1. The van der Waals surface area contributed by atoms with Gasteiger partial charge in [-0.1, -0.05) is 39.3 Å². The number of hydrogen-bond donors (Lipinski definition) is 4. The van der Waals surface area contributed by atoms with E-state index in [0.29, 0.717) is 29.7 Å². The van der Waals surface area contributed by atoms with Gasteiger partial charge in [-0.2, -0.15) is 0 Å². The quantitative estimate of drug-likeness (QED) is 0.415. The van der Waals surface area contributed by atoms with E-state index in [1.807, 2.05) is 39.5 Å². The molecule has 0 atom stereocenters. The van der Waals surface area contributed by atoms with Gasteiger partial charge >= 0.3 is 6.03 Å². The topological polar surface area (TPSA) is 125 Å². The van der Waals surface area contributed by atoms with Crippen LogP contribution in [0.5, 0.6) is 0 Å². The Labute approximate surface area is 188 Å². The highest BCUT2D eigenvalue weighted by molar-refractivity contribution is 7.90. The Bertz CT molecular complexity index is 981. The zero-order chi connectivity index (χ0) is 23.2. The molecule has 2 amide bonds. The molecule has 0 bridgehead atoms. The number of likely N-dealkylation sites (N-methyl/N-ethyl adjacent to an activating group) is 1. The van der Waals surface area contributed by atoms with E-state index in [9.17, 15) is 13.2 Å². The molecule has 0 aliphatic heterocycles. The molecule has 0 fully saturated rings. The minimum Gasteiger partial charge on any atom is -0.353 e. The van der Waals surface area contributed by atoms with E-state index < -0.39 is 16.1 Å². The predicted octanol–water partition coefficient (Wildman–Crippen LogP) is 3.52. The van der Waals surface area contributed by atoms with Crippen molar-refractivity contribution < 1.29 is 13.2 Å². The Balaban J connectivity index is 2.20. The summed E-state index contributed by atoms with van der Waals surface area (Å²) in [6, 6.07) is 2.67. The molecule has 9 nitrogen and oxygen atoms in total. The second-order valence-corrected chi connectivity index (χ2v) is 9.72. The minimum atomic E-state index is -4.15. The van der Waals surface area contributed by atoms with Crippen molar-refractivity contribution in [3.05, 3.63) is 40.7 Å². The van der Waals surface area contributed by atoms with E-state index in [4.69, 9.17) is 11.6 Å². The molecule has 11 heteroatoms. The number of sulfonamides is 1. The number of aromatic nitrogens is 2. The van der Waals surface area contributed by atoms with Gasteiger partial charge in [0.25, 0.3) is 10.0 Å². The number of hydrogen-bond acceptors (Lipinski definition) is 7. The lowest BCUT2D eigenvalue weighted by Gasteiger charge is -2.21. The molecule has 1 heterocycles. The fourth-order valence-electron chi connectivity index (χ4n) is 2.87. The number of nitrogens with one attached hydrogen (secondary N) is 4. The number of nitrogens with zero attached hydrogens (tertiary/aromatic N) is 2. The fraction of sp³-hybridized carbons (Fsp3) is 0.450. The van der Waals surface area contributed by atoms with Crippen LogP contribution in [-0.2, 0) is 10.0 Å². The maximum atomic E-state index is 12.6. The van der Waals surface area contributed by atoms with Crippen LogP contribution >= 0.6 is 11.6 Å². The highest BCUT2D eigenvalue weighted by Gasteiger charge is 2.22. The maximum Gasteiger partial charge on any atom is 0.333 e. The van der Waals surface area contributed by atoms with E-state index >= 15 is 0 Å². The number of rotatable bonds is 9. The summed E-state index contributed by atoms with van der Waals surface area (Å²) in [4.78, 5) is 20.3. The third kappa shape index (κ3) is 6.78. The van der Waals surface area contributed by atoms with Gasteiger partial charge in [0, 0.05) is 23.8 Å². The molecule has 0 spiro atoms. The molecule has 1 aromatic carbocycles. The summed E-state index contributed by atoms with van der Waals surface area (Å²) in [6.45, 7) is 9.17. The highest BCUT2D eigenvalue weighted by Crippen LogP contribution is 2.35. The summed E-state index contributed by atoms with van der Waals surface area (Å²) in [7, 11) is -2.34. The van der Waals surface area contributed by atoms with E-state index in [2.05, 4.69) is 25.9 Å². The van der Waals surface area contributed by atoms with Crippen molar-refractivity contribution in [2.75, 3.05) is 30.8 Å². The van der Waals surface area contributed by atoms with Crippen molar-refractivity contribution in [1.29, 1.82) is 0 Å². The zero-order valence-corrected chi connectivity index (χ0v) is 19.9. The number of benzene rings is 1. The number of anilines is 2. The molecular weight excluding hydrogens is 440 g/mol. The van der Waals surface area contributed by atoms with Gasteiger partial charge in [-0.3, -0.25) is 0 Å². The Morgan fingerprint density at radius 1 is 1.03 bits per heavy atom. The molecule has 0 unspecified atom stereocenters. The lowest BCUT2D eigenvalue weighted by atomic mass is 9.92. The summed E-state index contributed by atoms with van der Waals surface area (Å²) in [5.74, 6) is 0.432. The molecule has 2 aromatic rings. The van der Waals surface area contributed by atoms with Gasteiger partial charge in [-0.05, 0) is 42.1 Å². The van der Waals surface area contributed by atoms with Gasteiger partial charge in [0.1, 0.15) is 4.90 Å². The standard InChI is InChI=1S/C20H29ClN6O3S/c1-12(2)16-8-14(21)9-17(13(3)4)18(16)26-20(28)27-31(29,30)15-10-24-19(25-11-15)23-7-6-22-5/h8-13,22H,6-7H2,1-5H3,(H,23,24,25)(H2,26,27,28). The first-order chi connectivity index (χ1) is 14.5. The molecule has 170 valence electrons. The predicted molar refractivity (Wildman–Crippen MR) is 123 cm³/mol. The third-order valence-corrected chi connectivity index (χ3v) is 5.97. The smallest absolute Gasteiger partial charge is 0.333 e. The number of halogens is 1. The molecule has 0 aliphatic rings. The van der Waals surface area contributed by atoms with Crippen LogP contribution < -0.4 is 20.7 Å².